The Morgan fingerprint density at radius 3 is 2.71 bits per heavy atom. The quantitative estimate of drug-likeness (QED) is 0.516. The van der Waals surface area contributed by atoms with Gasteiger partial charge in [-0.05, 0) is 36.7 Å². The maximum Gasteiger partial charge on any atom is 0.380 e. The van der Waals surface area contributed by atoms with E-state index in [0.29, 0.717) is 23.3 Å². The first kappa shape index (κ1) is 16.7. The molecule has 3 rings (SSSR count). The molecule has 3 atom stereocenters. The third-order valence-corrected chi connectivity index (χ3v) is 5.24. The number of carbonyl (C=O) groups is 2. The molecular weight excluding hydrogens is 302 g/mol. The molecule has 0 bridgehead atoms. The number of fused-ring (bicyclic) bond motifs is 1. The number of benzene rings is 1. The highest BCUT2D eigenvalue weighted by Gasteiger charge is 2.35. The number of rotatable bonds is 4. The number of hydrogen-bond donors (Lipinski definition) is 1. The van der Waals surface area contributed by atoms with Crippen molar-refractivity contribution < 1.29 is 14.3 Å². The molecule has 1 saturated carbocycles. The van der Waals surface area contributed by atoms with Crippen molar-refractivity contribution >= 4 is 22.7 Å². The number of hydrogen-bond acceptors (Lipinski definition) is 3. The molecule has 2 aromatic rings. The summed E-state index contributed by atoms with van der Waals surface area (Å²) in [6, 6.07) is 7.47. The van der Waals surface area contributed by atoms with Gasteiger partial charge in [0.05, 0.1) is 5.56 Å². The van der Waals surface area contributed by atoms with E-state index in [9.17, 15) is 9.59 Å². The Labute approximate surface area is 142 Å². The first-order valence-electron chi connectivity index (χ1n) is 8.78. The molecule has 1 aromatic carbocycles. The van der Waals surface area contributed by atoms with Gasteiger partial charge in [0, 0.05) is 17.1 Å². The van der Waals surface area contributed by atoms with Crippen LogP contribution in [-0.4, -0.2) is 22.8 Å². The van der Waals surface area contributed by atoms with E-state index in [-0.39, 0.29) is 6.10 Å². The minimum absolute atomic E-state index is 0.157. The van der Waals surface area contributed by atoms with Crippen LogP contribution in [0, 0.1) is 17.8 Å². The molecule has 0 saturated heterocycles. The summed E-state index contributed by atoms with van der Waals surface area (Å²) >= 11 is 0. The average molecular weight is 327 g/mol. The third-order valence-electron chi connectivity index (χ3n) is 5.24. The van der Waals surface area contributed by atoms with Gasteiger partial charge in [0.25, 0.3) is 5.78 Å². The number of nitrogens with one attached hydrogen (secondary N) is 1. The highest BCUT2D eigenvalue weighted by atomic mass is 16.5. The molecule has 1 aliphatic carbocycles. The van der Waals surface area contributed by atoms with Crippen molar-refractivity contribution in [3.05, 3.63) is 36.0 Å². The van der Waals surface area contributed by atoms with Crippen LogP contribution >= 0.6 is 0 Å². The normalized spacial score (nSPS) is 24.2. The van der Waals surface area contributed by atoms with E-state index in [1.165, 1.54) is 0 Å². The van der Waals surface area contributed by atoms with E-state index in [1.54, 1.807) is 6.20 Å². The second-order valence-electron chi connectivity index (χ2n) is 7.35. The number of aromatic amines is 1. The Balaban J connectivity index is 1.77. The summed E-state index contributed by atoms with van der Waals surface area (Å²) in [6.07, 6.45) is 4.49. The molecule has 0 amide bonds. The minimum Gasteiger partial charge on any atom is -0.456 e. The van der Waals surface area contributed by atoms with Crippen molar-refractivity contribution in [1.29, 1.82) is 0 Å². The Morgan fingerprint density at radius 2 is 1.96 bits per heavy atom. The first-order chi connectivity index (χ1) is 11.5. The lowest BCUT2D eigenvalue weighted by Gasteiger charge is -2.36. The summed E-state index contributed by atoms with van der Waals surface area (Å²) in [7, 11) is 0. The Morgan fingerprint density at radius 1 is 1.21 bits per heavy atom. The molecule has 1 aliphatic rings. The van der Waals surface area contributed by atoms with Crippen molar-refractivity contribution in [2.45, 2.75) is 46.1 Å². The van der Waals surface area contributed by atoms with Crippen LogP contribution in [-0.2, 0) is 9.53 Å². The van der Waals surface area contributed by atoms with Crippen molar-refractivity contribution in [2.24, 2.45) is 17.8 Å². The van der Waals surface area contributed by atoms with Crippen LogP contribution in [0.15, 0.2) is 30.5 Å². The van der Waals surface area contributed by atoms with Crippen LogP contribution < -0.4 is 0 Å². The maximum atomic E-state index is 12.6. The molecule has 4 heteroatoms. The topological polar surface area (TPSA) is 59.2 Å². The first-order valence-corrected chi connectivity index (χ1v) is 8.78. The van der Waals surface area contributed by atoms with E-state index in [4.69, 9.17) is 4.74 Å². The van der Waals surface area contributed by atoms with Crippen molar-refractivity contribution in [3.8, 4) is 0 Å². The zero-order valence-electron chi connectivity index (χ0n) is 14.5. The Kier molecular flexibility index (Phi) is 4.74. The molecule has 1 N–H and O–H groups in total. The van der Waals surface area contributed by atoms with Gasteiger partial charge >= 0.3 is 5.97 Å². The van der Waals surface area contributed by atoms with Gasteiger partial charge < -0.3 is 9.72 Å². The monoisotopic (exact) mass is 327 g/mol. The molecule has 0 aliphatic heterocycles. The van der Waals surface area contributed by atoms with Crippen LogP contribution in [0.5, 0.6) is 0 Å². The number of ketones is 1. The van der Waals surface area contributed by atoms with E-state index in [0.717, 1.165) is 30.2 Å². The summed E-state index contributed by atoms with van der Waals surface area (Å²) in [5.41, 5.74) is 1.24. The van der Waals surface area contributed by atoms with E-state index < -0.39 is 11.8 Å². The summed E-state index contributed by atoms with van der Waals surface area (Å²) < 4.78 is 5.67. The predicted octanol–water partition coefficient (Wildman–Crippen LogP) is 4.35. The van der Waals surface area contributed by atoms with Crippen LogP contribution in [0.25, 0.3) is 10.9 Å². The van der Waals surface area contributed by atoms with Crippen molar-refractivity contribution in [1.82, 2.24) is 4.98 Å². The minimum atomic E-state index is -0.732. The van der Waals surface area contributed by atoms with E-state index in [2.05, 4.69) is 25.8 Å². The van der Waals surface area contributed by atoms with Gasteiger partial charge in [-0.15, -0.1) is 0 Å². The van der Waals surface area contributed by atoms with Gasteiger partial charge in [-0.3, -0.25) is 4.79 Å². The van der Waals surface area contributed by atoms with Gasteiger partial charge in [0.2, 0.25) is 0 Å². The molecule has 0 unspecified atom stereocenters. The fourth-order valence-corrected chi connectivity index (χ4v) is 3.81. The molecule has 4 nitrogen and oxygen atoms in total. The van der Waals surface area contributed by atoms with Gasteiger partial charge in [0.15, 0.2) is 0 Å². The average Bonchev–Trinajstić information content (AvgIpc) is 2.97. The van der Waals surface area contributed by atoms with Gasteiger partial charge in [0.1, 0.15) is 6.10 Å². The SMILES string of the molecule is CC(C)[C@H]1CC[C@@H](C)C[C@@H]1OC(=O)C(=O)c1c[nH]c2ccccc12. The molecule has 1 heterocycles. The Bertz CT molecular complexity index is 746. The summed E-state index contributed by atoms with van der Waals surface area (Å²) in [5, 5.41) is 0.761. The standard InChI is InChI=1S/C20H25NO3/c1-12(2)14-9-8-13(3)10-18(14)24-20(23)19(22)16-11-21-17-7-5-4-6-15(16)17/h4-7,11-14,18,21H,8-10H2,1-3H3/t13-,14-,18+/m1/s1. The molecule has 1 fully saturated rings. The van der Waals surface area contributed by atoms with Crippen molar-refractivity contribution in [3.63, 3.8) is 0 Å². The van der Waals surface area contributed by atoms with Crippen LogP contribution in [0.4, 0.5) is 0 Å². The largest absolute Gasteiger partial charge is 0.456 e. The van der Waals surface area contributed by atoms with E-state index in [1.807, 2.05) is 24.3 Å². The highest BCUT2D eigenvalue weighted by Crippen LogP contribution is 2.35. The Hall–Kier alpha value is -2.10. The smallest absolute Gasteiger partial charge is 0.380 e. The zero-order valence-corrected chi connectivity index (χ0v) is 14.5. The van der Waals surface area contributed by atoms with E-state index >= 15 is 0 Å². The summed E-state index contributed by atoms with van der Waals surface area (Å²) in [4.78, 5) is 28.0. The molecular formula is C20H25NO3. The van der Waals surface area contributed by atoms with Crippen LogP contribution in [0.2, 0.25) is 0 Å². The fraction of sp³-hybridized carbons (Fsp3) is 0.500. The lowest BCUT2D eigenvalue weighted by molar-refractivity contribution is -0.149. The third kappa shape index (κ3) is 3.23. The second kappa shape index (κ2) is 6.80. The van der Waals surface area contributed by atoms with Crippen LogP contribution in [0.3, 0.4) is 0 Å². The lowest BCUT2D eigenvalue weighted by Crippen LogP contribution is -2.37. The zero-order chi connectivity index (χ0) is 17.3. The van der Waals surface area contributed by atoms with Gasteiger partial charge in [-0.25, -0.2) is 4.79 Å². The highest BCUT2D eigenvalue weighted by molar-refractivity contribution is 6.43. The number of H-pyrrole nitrogens is 1. The summed E-state index contributed by atoms with van der Waals surface area (Å²) in [5.74, 6) is 0.0121. The number of carbonyl (C=O) groups excluding carboxylic acids is 2. The number of esters is 1. The predicted molar refractivity (Wildman–Crippen MR) is 93.9 cm³/mol. The molecule has 0 spiro atoms. The number of aromatic nitrogens is 1. The van der Waals surface area contributed by atoms with Crippen molar-refractivity contribution in [2.75, 3.05) is 0 Å². The lowest BCUT2D eigenvalue weighted by atomic mass is 9.75. The molecule has 0 radical (unpaired) electrons. The molecule has 128 valence electrons. The summed E-state index contributed by atoms with van der Waals surface area (Å²) in [6.45, 7) is 6.49. The number of para-hydroxylation sites is 1. The molecule has 1 aromatic heterocycles. The van der Waals surface area contributed by atoms with Gasteiger partial charge in [-0.1, -0.05) is 45.4 Å². The van der Waals surface area contributed by atoms with Crippen LogP contribution in [0.1, 0.15) is 50.4 Å². The fourth-order valence-electron chi connectivity index (χ4n) is 3.81. The second-order valence-corrected chi connectivity index (χ2v) is 7.35. The number of Topliss-reactive ketones (excluding diaryl/α,β-unsaturated/α-hetero) is 1. The maximum absolute atomic E-state index is 12.6. The molecule has 24 heavy (non-hydrogen) atoms. The number of ether oxygens (including phenoxy) is 1. The van der Waals surface area contributed by atoms with Gasteiger partial charge in [-0.2, -0.15) is 0 Å².